The molecule has 0 aliphatic heterocycles. The Balaban J connectivity index is 2.53. The number of rotatable bonds is 5. The molecule has 1 aromatic carbocycles. The van der Waals surface area contributed by atoms with Gasteiger partial charge in [0.25, 0.3) is 0 Å². The van der Waals surface area contributed by atoms with Gasteiger partial charge >= 0.3 is 0 Å². The second-order valence-corrected chi connectivity index (χ2v) is 2.86. The van der Waals surface area contributed by atoms with Crippen LogP contribution in [0.25, 0.3) is 0 Å². The standard InChI is InChI=1S/C12H14O2/c1-2-3-6-9-14-12-8-5-4-7-11(12)10-13/h2-5,7-8,10H,6,9H2,1H3. The molecule has 0 radical (unpaired) electrons. The molecule has 1 rings (SSSR count). The molecule has 0 spiro atoms. The van der Waals surface area contributed by atoms with Gasteiger partial charge < -0.3 is 4.74 Å². The van der Waals surface area contributed by atoms with Crippen LogP contribution in [0, 0.1) is 0 Å². The van der Waals surface area contributed by atoms with Crippen molar-refractivity contribution in [1.29, 1.82) is 0 Å². The van der Waals surface area contributed by atoms with Crippen molar-refractivity contribution in [2.24, 2.45) is 0 Å². The molecule has 2 nitrogen and oxygen atoms in total. The van der Waals surface area contributed by atoms with Gasteiger partial charge in [0.1, 0.15) is 5.75 Å². The highest BCUT2D eigenvalue weighted by molar-refractivity contribution is 5.79. The molecule has 0 atom stereocenters. The first-order chi connectivity index (χ1) is 6.88. The summed E-state index contributed by atoms with van der Waals surface area (Å²) in [5.74, 6) is 0.659. The van der Waals surface area contributed by atoms with E-state index in [9.17, 15) is 4.79 Å². The molecule has 0 saturated carbocycles. The van der Waals surface area contributed by atoms with E-state index in [0.717, 1.165) is 12.7 Å². The quantitative estimate of drug-likeness (QED) is 0.405. The zero-order chi connectivity index (χ0) is 10.2. The second kappa shape index (κ2) is 5.97. The zero-order valence-corrected chi connectivity index (χ0v) is 8.27. The highest BCUT2D eigenvalue weighted by atomic mass is 16.5. The van der Waals surface area contributed by atoms with Gasteiger partial charge in [-0.15, -0.1) is 0 Å². The molecule has 0 heterocycles. The molecule has 14 heavy (non-hydrogen) atoms. The summed E-state index contributed by atoms with van der Waals surface area (Å²) in [4.78, 5) is 10.6. The highest BCUT2D eigenvalue weighted by Gasteiger charge is 1.99. The summed E-state index contributed by atoms with van der Waals surface area (Å²) in [7, 11) is 0. The molecule has 0 bridgehead atoms. The smallest absolute Gasteiger partial charge is 0.153 e. The predicted octanol–water partition coefficient (Wildman–Crippen LogP) is 2.84. The molecular formula is C12H14O2. The lowest BCUT2D eigenvalue weighted by Gasteiger charge is -2.05. The Morgan fingerprint density at radius 1 is 1.36 bits per heavy atom. The Labute approximate surface area is 84.2 Å². The van der Waals surface area contributed by atoms with E-state index in [1.807, 2.05) is 31.2 Å². The molecule has 0 N–H and O–H groups in total. The number of allylic oxidation sites excluding steroid dienone is 1. The van der Waals surface area contributed by atoms with Crippen LogP contribution in [-0.2, 0) is 0 Å². The first-order valence-corrected chi connectivity index (χ1v) is 4.66. The fourth-order valence-corrected chi connectivity index (χ4v) is 1.11. The molecule has 0 unspecified atom stereocenters. The van der Waals surface area contributed by atoms with Crippen LogP contribution >= 0.6 is 0 Å². The number of aldehydes is 1. The van der Waals surface area contributed by atoms with Crippen molar-refractivity contribution in [3.63, 3.8) is 0 Å². The molecule has 0 saturated heterocycles. The van der Waals surface area contributed by atoms with Crippen molar-refractivity contribution < 1.29 is 9.53 Å². The Kier molecular flexibility index (Phi) is 4.48. The second-order valence-electron chi connectivity index (χ2n) is 2.86. The third kappa shape index (κ3) is 3.05. The van der Waals surface area contributed by atoms with Crippen LogP contribution in [-0.4, -0.2) is 12.9 Å². The summed E-state index contributed by atoms with van der Waals surface area (Å²) in [5, 5.41) is 0. The van der Waals surface area contributed by atoms with E-state index in [2.05, 4.69) is 0 Å². The molecule has 0 fully saturated rings. The molecule has 0 aliphatic rings. The maximum absolute atomic E-state index is 10.6. The highest BCUT2D eigenvalue weighted by Crippen LogP contribution is 2.15. The molecule has 0 amide bonds. The van der Waals surface area contributed by atoms with Crippen LogP contribution in [0.2, 0.25) is 0 Å². The van der Waals surface area contributed by atoms with E-state index in [4.69, 9.17) is 4.74 Å². The van der Waals surface area contributed by atoms with Crippen LogP contribution < -0.4 is 4.74 Å². The van der Waals surface area contributed by atoms with Crippen molar-refractivity contribution in [1.82, 2.24) is 0 Å². The summed E-state index contributed by atoms with van der Waals surface area (Å²) in [6.07, 6.45) is 5.69. The van der Waals surface area contributed by atoms with E-state index < -0.39 is 0 Å². The Morgan fingerprint density at radius 2 is 2.14 bits per heavy atom. The van der Waals surface area contributed by atoms with Gasteiger partial charge in [-0.2, -0.15) is 0 Å². The van der Waals surface area contributed by atoms with Gasteiger partial charge in [0.15, 0.2) is 6.29 Å². The van der Waals surface area contributed by atoms with Crippen LogP contribution in [0.15, 0.2) is 36.4 Å². The monoisotopic (exact) mass is 190 g/mol. The van der Waals surface area contributed by atoms with Crippen molar-refractivity contribution in [2.45, 2.75) is 13.3 Å². The third-order valence-electron chi connectivity index (χ3n) is 1.82. The molecule has 2 heteroatoms. The largest absolute Gasteiger partial charge is 0.493 e. The lowest BCUT2D eigenvalue weighted by Crippen LogP contribution is -1.98. The first-order valence-electron chi connectivity index (χ1n) is 4.66. The number of benzene rings is 1. The van der Waals surface area contributed by atoms with Crippen molar-refractivity contribution in [3.05, 3.63) is 42.0 Å². The minimum Gasteiger partial charge on any atom is -0.493 e. The van der Waals surface area contributed by atoms with E-state index in [1.54, 1.807) is 12.1 Å². The van der Waals surface area contributed by atoms with Crippen molar-refractivity contribution in [3.8, 4) is 5.75 Å². The number of carbonyl (C=O) groups is 1. The summed E-state index contributed by atoms with van der Waals surface area (Å²) < 4.78 is 5.45. The van der Waals surface area contributed by atoms with E-state index in [0.29, 0.717) is 17.9 Å². The first kappa shape index (κ1) is 10.5. The van der Waals surface area contributed by atoms with Crippen molar-refractivity contribution in [2.75, 3.05) is 6.61 Å². The topological polar surface area (TPSA) is 26.3 Å². The molecule has 0 aliphatic carbocycles. The fraction of sp³-hybridized carbons (Fsp3) is 0.250. The van der Waals surface area contributed by atoms with Gasteiger partial charge in [-0.25, -0.2) is 0 Å². The number of hydrogen-bond donors (Lipinski definition) is 0. The van der Waals surface area contributed by atoms with Gasteiger partial charge in [-0.3, -0.25) is 4.79 Å². The Bertz CT molecular complexity index is 316. The predicted molar refractivity (Wildman–Crippen MR) is 56.8 cm³/mol. The van der Waals surface area contributed by atoms with Crippen LogP contribution in [0.4, 0.5) is 0 Å². The lowest BCUT2D eigenvalue weighted by atomic mass is 10.2. The van der Waals surface area contributed by atoms with Gasteiger partial charge in [-0.1, -0.05) is 24.3 Å². The average molecular weight is 190 g/mol. The number of para-hydroxylation sites is 1. The average Bonchev–Trinajstić information content (AvgIpc) is 2.25. The molecular weight excluding hydrogens is 176 g/mol. The number of carbonyl (C=O) groups excluding carboxylic acids is 1. The maximum Gasteiger partial charge on any atom is 0.153 e. The van der Waals surface area contributed by atoms with Gasteiger partial charge in [0.05, 0.1) is 12.2 Å². The van der Waals surface area contributed by atoms with Crippen LogP contribution in [0.5, 0.6) is 5.75 Å². The minimum absolute atomic E-state index is 0.605. The van der Waals surface area contributed by atoms with Gasteiger partial charge in [-0.05, 0) is 25.5 Å². The number of hydrogen-bond acceptors (Lipinski definition) is 2. The summed E-state index contributed by atoms with van der Waals surface area (Å²) in [5.41, 5.74) is 0.605. The fourth-order valence-electron chi connectivity index (χ4n) is 1.11. The maximum atomic E-state index is 10.6. The van der Waals surface area contributed by atoms with Crippen LogP contribution in [0.3, 0.4) is 0 Å². The Hall–Kier alpha value is -1.57. The zero-order valence-electron chi connectivity index (χ0n) is 8.27. The molecule has 0 aromatic heterocycles. The molecule has 1 aromatic rings. The summed E-state index contributed by atoms with van der Waals surface area (Å²) in [6, 6.07) is 7.23. The SMILES string of the molecule is CC=CCCOc1ccccc1C=O. The van der Waals surface area contributed by atoms with E-state index in [-0.39, 0.29) is 0 Å². The van der Waals surface area contributed by atoms with Crippen molar-refractivity contribution >= 4 is 6.29 Å². The lowest BCUT2D eigenvalue weighted by molar-refractivity contribution is 0.111. The van der Waals surface area contributed by atoms with Crippen LogP contribution in [0.1, 0.15) is 23.7 Å². The normalized spacial score (nSPS) is 10.4. The van der Waals surface area contributed by atoms with E-state index in [1.165, 1.54) is 0 Å². The third-order valence-corrected chi connectivity index (χ3v) is 1.82. The Morgan fingerprint density at radius 3 is 2.86 bits per heavy atom. The number of ether oxygens (including phenoxy) is 1. The van der Waals surface area contributed by atoms with E-state index >= 15 is 0 Å². The minimum atomic E-state index is 0.605. The molecule has 74 valence electrons. The van der Waals surface area contributed by atoms with Gasteiger partial charge in [0, 0.05) is 0 Å². The summed E-state index contributed by atoms with van der Waals surface area (Å²) >= 11 is 0. The van der Waals surface area contributed by atoms with Gasteiger partial charge in [0.2, 0.25) is 0 Å². The summed E-state index contributed by atoms with van der Waals surface area (Å²) in [6.45, 7) is 2.58.